The van der Waals surface area contributed by atoms with Crippen molar-refractivity contribution in [3.8, 4) is 5.75 Å². The van der Waals surface area contributed by atoms with E-state index in [1.807, 2.05) is 18.2 Å². The molecule has 2 rings (SSSR count). The summed E-state index contributed by atoms with van der Waals surface area (Å²) >= 11 is 6.06. The molecule has 1 heterocycles. The topological polar surface area (TPSA) is 60.2 Å². The van der Waals surface area contributed by atoms with Gasteiger partial charge in [0, 0.05) is 6.20 Å². The summed E-state index contributed by atoms with van der Waals surface area (Å²) in [6.45, 7) is 2.09. The number of benzene rings is 1. The summed E-state index contributed by atoms with van der Waals surface area (Å²) in [6, 6.07) is 9.38. The van der Waals surface area contributed by atoms with Crippen molar-refractivity contribution in [2.45, 2.75) is 19.4 Å². The summed E-state index contributed by atoms with van der Waals surface area (Å²) in [7, 11) is 1.59. The van der Waals surface area contributed by atoms with Gasteiger partial charge in [0.1, 0.15) is 5.75 Å². The lowest BCUT2D eigenvalue weighted by atomic mass is 9.98. The Hall–Kier alpha value is -1.62. The van der Waals surface area contributed by atoms with Crippen LogP contribution in [-0.2, 0) is 6.42 Å². The van der Waals surface area contributed by atoms with E-state index in [0.29, 0.717) is 10.8 Å². The molecule has 0 radical (unpaired) electrons. The summed E-state index contributed by atoms with van der Waals surface area (Å²) in [6.07, 6.45) is 2.66. The number of ether oxygens (including phenoxy) is 1. The normalized spacial score (nSPS) is 12.2. The van der Waals surface area contributed by atoms with Crippen LogP contribution in [-0.4, -0.2) is 12.1 Å². The second kappa shape index (κ2) is 6.70. The maximum Gasteiger partial charge on any atom is 0.137 e. The van der Waals surface area contributed by atoms with Crippen LogP contribution < -0.4 is 16.0 Å². The first-order chi connectivity index (χ1) is 9.71. The number of nitrogens with one attached hydrogen (secondary N) is 1. The van der Waals surface area contributed by atoms with E-state index in [0.717, 1.165) is 23.2 Å². The van der Waals surface area contributed by atoms with Gasteiger partial charge < -0.3 is 4.74 Å². The zero-order valence-electron chi connectivity index (χ0n) is 11.6. The van der Waals surface area contributed by atoms with Crippen molar-refractivity contribution >= 4 is 11.6 Å². The number of methoxy groups -OCH3 is 1. The molecule has 1 unspecified atom stereocenters. The Kier molecular flexibility index (Phi) is 4.95. The smallest absolute Gasteiger partial charge is 0.137 e. The van der Waals surface area contributed by atoms with Crippen LogP contribution in [0.4, 0.5) is 0 Å². The van der Waals surface area contributed by atoms with Gasteiger partial charge in [-0.1, -0.05) is 30.7 Å². The van der Waals surface area contributed by atoms with Gasteiger partial charge in [-0.25, -0.2) is 5.43 Å². The Labute approximate surface area is 123 Å². The van der Waals surface area contributed by atoms with Crippen molar-refractivity contribution < 1.29 is 4.74 Å². The Morgan fingerprint density at radius 1 is 1.40 bits per heavy atom. The molecule has 0 saturated carbocycles. The maximum atomic E-state index is 6.06. The number of nitrogens with zero attached hydrogens (tertiary/aromatic N) is 1. The Bertz CT molecular complexity index is 589. The van der Waals surface area contributed by atoms with Gasteiger partial charge in [0.25, 0.3) is 0 Å². The van der Waals surface area contributed by atoms with Crippen LogP contribution >= 0.6 is 11.6 Å². The monoisotopic (exact) mass is 291 g/mol. The van der Waals surface area contributed by atoms with Crippen LogP contribution in [0.25, 0.3) is 0 Å². The zero-order valence-corrected chi connectivity index (χ0v) is 12.3. The second-order valence-electron chi connectivity index (χ2n) is 4.39. The molecule has 1 atom stereocenters. The largest absolute Gasteiger partial charge is 0.495 e. The molecule has 0 bridgehead atoms. The molecule has 0 aliphatic heterocycles. The lowest BCUT2D eigenvalue weighted by molar-refractivity contribution is 0.414. The number of pyridine rings is 1. The minimum Gasteiger partial charge on any atom is -0.495 e. The van der Waals surface area contributed by atoms with Gasteiger partial charge in [-0.15, -0.1) is 0 Å². The number of nitrogens with two attached hydrogens (primary N) is 1. The number of aryl methyl sites for hydroxylation is 1. The van der Waals surface area contributed by atoms with Gasteiger partial charge in [-0.2, -0.15) is 0 Å². The predicted molar refractivity (Wildman–Crippen MR) is 80.8 cm³/mol. The van der Waals surface area contributed by atoms with Crippen LogP contribution in [0.5, 0.6) is 5.75 Å². The first-order valence-electron chi connectivity index (χ1n) is 6.44. The number of halogens is 1. The third-order valence-electron chi connectivity index (χ3n) is 3.26. The highest BCUT2D eigenvalue weighted by molar-refractivity contribution is 6.32. The molecule has 4 nitrogen and oxygen atoms in total. The summed E-state index contributed by atoms with van der Waals surface area (Å²) in [5.74, 6) is 6.35. The van der Waals surface area contributed by atoms with Gasteiger partial charge in [-0.3, -0.25) is 10.8 Å². The zero-order chi connectivity index (χ0) is 14.5. The van der Waals surface area contributed by atoms with Crippen molar-refractivity contribution in [3.63, 3.8) is 0 Å². The van der Waals surface area contributed by atoms with E-state index >= 15 is 0 Å². The molecule has 20 heavy (non-hydrogen) atoms. The van der Waals surface area contributed by atoms with E-state index in [2.05, 4.69) is 23.4 Å². The average Bonchev–Trinajstić information content (AvgIpc) is 2.50. The van der Waals surface area contributed by atoms with E-state index in [9.17, 15) is 0 Å². The summed E-state index contributed by atoms with van der Waals surface area (Å²) in [5.41, 5.74) is 5.85. The maximum absolute atomic E-state index is 6.06. The highest BCUT2D eigenvalue weighted by atomic mass is 35.5. The van der Waals surface area contributed by atoms with Gasteiger partial charge >= 0.3 is 0 Å². The fourth-order valence-electron chi connectivity index (χ4n) is 2.20. The highest BCUT2D eigenvalue weighted by Gasteiger charge is 2.18. The van der Waals surface area contributed by atoms with E-state index in [1.54, 1.807) is 19.4 Å². The van der Waals surface area contributed by atoms with E-state index in [-0.39, 0.29) is 6.04 Å². The predicted octanol–water partition coefficient (Wildman–Crippen LogP) is 2.86. The van der Waals surface area contributed by atoms with Gasteiger partial charge in [0.2, 0.25) is 0 Å². The lowest BCUT2D eigenvalue weighted by Crippen LogP contribution is -2.30. The minimum atomic E-state index is -0.197. The van der Waals surface area contributed by atoms with Crippen LogP contribution in [0.1, 0.15) is 29.8 Å². The van der Waals surface area contributed by atoms with Crippen molar-refractivity contribution in [1.82, 2.24) is 10.4 Å². The number of rotatable bonds is 5. The molecule has 1 aromatic heterocycles. The molecule has 106 valence electrons. The van der Waals surface area contributed by atoms with Gasteiger partial charge in [-0.05, 0) is 35.7 Å². The molecule has 2 aromatic rings. The van der Waals surface area contributed by atoms with E-state index in [1.165, 1.54) is 0 Å². The average molecular weight is 292 g/mol. The third kappa shape index (κ3) is 2.93. The van der Waals surface area contributed by atoms with Gasteiger partial charge in [0.05, 0.1) is 23.9 Å². The van der Waals surface area contributed by atoms with Crippen molar-refractivity contribution in [2.75, 3.05) is 7.11 Å². The summed E-state index contributed by atoms with van der Waals surface area (Å²) < 4.78 is 5.25. The quantitative estimate of drug-likeness (QED) is 0.657. The molecule has 3 N–H and O–H groups in total. The van der Waals surface area contributed by atoms with Gasteiger partial charge in [0.15, 0.2) is 0 Å². The van der Waals surface area contributed by atoms with Crippen molar-refractivity contribution in [3.05, 3.63) is 58.4 Å². The van der Waals surface area contributed by atoms with Crippen molar-refractivity contribution in [2.24, 2.45) is 5.84 Å². The first-order valence-corrected chi connectivity index (χ1v) is 6.82. The Morgan fingerprint density at radius 3 is 2.85 bits per heavy atom. The van der Waals surface area contributed by atoms with E-state index < -0.39 is 0 Å². The molecule has 0 amide bonds. The number of hydrogen-bond donors (Lipinski definition) is 2. The Morgan fingerprint density at radius 2 is 2.20 bits per heavy atom. The molecule has 0 spiro atoms. The van der Waals surface area contributed by atoms with Crippen LogP contribution in [0, 0.1) is 0 Å². The summed E-state index contributed by atoms with van der Waals surface area (Å²) in [4.78, 5) is 4.46. The minimum absolute atomic E-state index is 0.197. The first kappa shape index (κ1) is 14.8. The second-order valence-corrected chi connectivity index (χ2v) is 4.80. The fraction of sp³-hybridized carbons (Fsp3) is 0.267. The Balaban J connectivity index is 2.47. The number of aromatic nitrogens is 1. The lowest BCUT2D eigenvalue weighted by Gasteiger charge is -2.19. The SMILES string of the molecule is CCc1cccnc1C(NN)c1ccc(Cl)c(OC)c1. The molecule has 5 heteroatoms. The number of hydrazine groups is 1. The van der Waals surface area contributed by atoms with Crippen LogP contribution in [0.2, 0.25) is 5.02 Å². The molecular formula is C15H18ClN3O. The molecule has 0 aliphatic rings. The third-order valence-corrected chi connectivity index (χ3v) is 3.57. The molecule has 1 aromatic carbocycles. The molecule has 0 fully saturated rings. The molecule has 0 aliphatic carbocycles. The summed E-state index contributed by atoms with van der Waals surface area (Å²) in [5, 5.41) is 0.573. The van der Waals surface area contributed by atoms with E-state index in [4.69, 9.17) is 22.2 Å². The molecular weight excluding hydrogens is 274 g/mol. The molecule has 0 saturated heterocycles. The van der Waals surface area contributed by atoms with Crippen LogP contribution in [0.15, 0.2) is 36.5 Å². The van der Waals surface area contributed by atoms with Crippen molar-refractivity contribution in [1.29, 1.82) is 0 Å². The number of hydrogen-bond acceptors (Lipinski definition) is 4. The van der Waals surface area contributed by atoms with Crippen LogP contribution in [0.3, 0.4) is 0 Å². The standard InChI is InChI=1S/C15H18ClN3O/c1-3-10-5-4-8-18-14(10)15(19-17)11-6-7-12(16)13(9-11)20-2/h4-9,15,19H,3,17H2,1-2H3. The highest BCUT2D eigenvalue weighted by Crippen LogP contribution is 2.30. The fourth-order valence-corrected chi connectivity index (χ4v) is 2.39.